The Balaban J connectivity index is 2.43. The summed E-state index contributed by atoms with van der Waals surface area (Å²) in [5, 5.41) is 12.8. The van der Waals surface area contributed by atoms with E-state index in [1.807, 2.05) is 0 Å². The molecule has 2 atom stereocenters. The number of aliphatic hydroxyl groups is 1. The van der Waals surface area contributed by atoms with Gasteiger partial charge in [-0.05, 0) is 5.92 Å². The second kappa shape index (κ2) is 4.07. The Morgan fingerprint density at radius 2 is 2.00 bits per heavy atom. The topological polar surface area (TPSA) is 32.3 Å². The molecule has 11 heavy (non-hydrogen) atoms. The number of β-amino-alcohol motifs (C(OH)–C–C–N with tert-alkyl or cyclic N) is 1. The molecule has 0 saturated carbocycles. The maximum Gasteiger partial charge on any atom is 0.0707 e. The number of hydrogen-bond donors (Lipinski definition) is 2. The smallest absolute Gasteiger partial charge is 0.0707 e. The van der Waals surface area contributed by atoms with Crippen molar-refractivity contribution in [1.29, 1.82) is 0 Å². The van der Waals surface area contributed by atoms with Gasteiger partial charge in [-0.15, -0.1) is 0 Å². The second-order valence-corrected chi connectivity index (χ2v) is 3.47. The Bertz CT molecular complexity index is 112. The predicted octanol–water partition coefficient (Wildman–Crippen LogP) is 1.00. The first-order valence-corrected chi connectivity index (χ1v) is 4.68. The minimum atomic E-state index is -0.0973. The molecule has 0 aromatic rings. The van der Waals surface area contributed by atoms with E-state index in [9.17, 15) is 5.11 Å². The summed E-state index contributed by atoms with van der Waals surface area (Å²) < 4.78 is 0. The normalized spacial score (nSPS) is 31.6. The third-order valence-corrected chi connectivity index (χ3v) is 2.88. The van der Waals surface area contributed by atoms with Gasteiger partial charge < -0.3 is 10.4 Å². The van der Waals surface area contributed by atoms with Crippen molar-refractivity contribution in [3.63, 3.8) is 0 Å². The van der Waals surface area contributed by atoms with E-state index in [0.29, 0.717) is 11.8 Å². The number of hydrogen-bond acceptors (Lipinski definition) is 2. The molecule has 2 heteroatoms. The van der Waals surface area contributed by atoms with Gasteiger partial charge in [-0.3, -0.25) is 0 Å². The summed E-state index contributed by atoms with van der Waals surface area (Å²) in [5.74, 6) is 1.21. The quantitative estimate of drug-likeness (QED) is 0.640. The third-order valence-electron chi connectivity index (χ3n) is 2.88. The van der Waals surface area contributed by atoms with E-state index < -0.39 is 0 Å². The molecular weight excluding hydrogens is 138 g/mol. The van der Waals surface area contributed by atoms with Gasteiger partial charge in [-0.2, -0.15) is 0 Å². The highest BCUT2D eigenvalue weighted by Gasteiger charge is 2.29. The molecular formula is C9H19NO. The summed E-state index contributed by atoms with van der Waals surface area (Å²) in [4.78, 5) is 0. The number of nitrogens with one attached hydrogen (secondary N) is 1. The predicted molar refractivity (Wildman–Crippen MR) is 46.4 cm³/mol. The Morgan fingerprint density at radius 3 is 2.36 bits per heavy atom. The highest BCUT2D eigenvalue weighted by atomic mass is 16.3. The molecule has 0 unspecified atom stereocenters. The van der Waals surface area contributed by atoms with Gasteiger partial charge in [-0.25, -0.2) is 0 Å². The number of aliphatic hydroxyl groups excluding tert-OH is 1. The molecule has 0 aromatic carbocycles. The standard InChI is InChI=1S/C9H19NO/c1-3-7(4-2)8-5-10-6-9(8)11/h7-11H,3-6H2,1-2H3/t8-,9+/m1/s1. The van der Waals surface area contributed by atoms with Gasteiger partial charge in [0.25, 0.3) is 0 Å². The summed E-state index contributed by atoms with van der Waals surface area (Å²) in [6.45, 7) is 6.22. The van der Waals surface area contributed by atoms with E-state index >= 15 is 0 Å². The molecule has 1 saturated heterocycles. The van der Waals surface area contributed by atoms with E-state index in [1.165, 1.54) is 12.8 Å². The molecule has 0 spiro atoms. The molecule has 1 rings (SSSR count). The zero-order valence-electron chi connectivity index (χ0n) is 7.51. The van der Waals surface area contributed by atoms with Crippen LogP contribution in [0.25, 0.3) is 0 Å². The van der Waals surface area contributed by atoms with Crippen molar-refractivity contribution in [3.05, 3.63) is 0 Å². The highest BCUT2D eigenvalue weighted by molar-refractivity contribution is 4.84. The molecule has 2 N–H and O–H groups in total. The molecule has 1 fully saturated rings. The van der Waals surface area contributed by atoms with Crippen LogP contribution < -0.4 is 5.32 Å². The fourth-order valence-electron chi connectivity index (χ4n) is 2.06. The van der Waals surface area contributed by atoms with Gasteiger partial charge in [0.15, 0.2) is 0 Å². The fraction of sp³-hybridized carbons (Fsp3) is 1.00. The molecule has 1 aliphatic rings. The molecule has 1 heterocycles. The minimum Gasteiger partial charge on any atom is -0.391 e. The van der Waals surface area contributed by atoms with Crippen LogP contribution in [0.2, 0.25) is 0 Å². The summed E-state index contributed by atoms with van der Waals surface area (Å²) in [6, 6.07) is 0. The van der Waals surface area contributed by atoms with Crippen LogP contribution >= 0.6 is 0 Å². The van der Waals surface area contributed by atoms with E-state index in [1.54, 1.807) is 0 Å². The molecule has 0 aliphatic carbocycles. The van der Waals surface area contributed by atoms with Crippen LogP contribution in [0, 0.1) is 11.8 Å². The lowest BCUT2D eigenvalue weighted by atomic mass is 9.86. The van der Waals surface area contributed by atoms with Crippen molar-refractivity contribution in [2.75, 3.05) is 13.1 Å². The average Bonchev–Trinajstić information content (AvgIpc) is 2.40. The van der Waals surface area contributed by atoms with Gasteiger partial charge in [0, 0.05) is 19.0 Å². The first kappa shape index (κ1) is 9.01. The largest absolute Gasteiger partial charge is 0.391 e. The van der Waals surface area contributed by atoms with Crippen molar-refractivity contribution in [1.82, 2.24) is 5.32 Å². The summed E-state index contributed by atoms with van der Waals surface area (Å²) >= 11 is 0. The number of rotatable bonds is 3. The fourth-order valence-corrected chi connectivity index (χ4v) is 2.06. The van der Waals surface area contributed by atoms with Crippen LogP contribution in [0.15, 0.2) is 0 Å². The van der Waals surface area contributed by atoms with Crippen LogP contribution in [-0.4, -0.2) is 24.3 Å². The zero-order valence-corrected chi connectivity index (χ0v) is 7.51. The van der Waals surface area contributed by atoms with Crippen LogP contribution in [0.5, 0.6) is 0 Å². The lowest BCUT2D eigenvalue weighted by molar-refractivity contribution is 0.109. The van der Waals surface area contributed by atoms with E-state index in [4.69, 9.17) is 0 Å². The van der Waals surface area contributed by atoms with Gasteiger partial charge in [0.05, 0.1) is 6.10 Å². The lowest BCUT2D eigenvalue weighted by Gasteiger charge is -2.22. The second-order valence-electron chi connectivity index (χ2n) is 3.47. The Morgan fingerprint density at radius 1 is 1.36 bits per heavy atom. The zero-order chi connectivity index (χ0) is 8.27. The summed E-state index contributed by atoms with van der Waals surface area (Å²) in [7, 11) is 0. The van der Waals surface area contributed by atoms with Crippen LogP contribution in [0.1, 0.15) is 26.7 Å². The molecule has 0 aromatic heterocycles. The van der Waals surface area contributed by atoms with Gasteiger partial charge in [-0.1, -0.05) is 26.7 Å². The van der Waals surface area contributed by atoms with Crippen LogP contribution in [-0.2, 0) is 0 Å². The van der Waals surface area contributed by atoms with Crippen molar-refractivity contribution in [3.8, 4) is 0 Å². The van der Waals surface area contributed by atoms with Crippen LogP contribution in [0.3, 0.4) is 0 Å². The van der Waals surface area contributed by atoms with Crippen molar-refractivity contribution in [2.24, 2.45) is 11.8 Å². The maximum absolute atomic E-state index is 9.56. The molecule has 0 bridgehead atoms. The SMILES string of the molecule is CCC(CC)[C@H]1CNC[C@@H]1O. The first-order valence-electron chi connectivity index (χ1n) is 4.68. The summed E-state index contributed by atoms with van der Waals surface area (Å²) in [5.41, 5.74) is 0. The Labute approximate surface area is 69.0 Å². The third kappa shape index (κ3) is 1.94. The minimum absolute atomic E-state index is 0.0973. The van der Waals surface area contributed by atoms with Crippen molar-refractivity contribution in [2.45, 2.75) is 32.8 Å². The van der Waals surface area contributed by atoms with Gasteiger partial charge >= 0.3 is 0 Å². The highest BCUT2D eigenvalue weighted by Crippen LogP contribution is 2.24. The van der Waals surface area contributed by atoms with E-state index in [-0.39, 0.29) is 6.10 Å². The Hall–Kier alpha value is -0.0800. The van der Waals surface area contributed by atoms with Crippen LogP contribution in [0.4, 0.5) is 0 Å². The van der Waals surface area contributed by atoms with Crippen molar-refractivity contribution < 1.29 is 5.11 Å². The average molecular weight is 157 g/mol. The molecule has 0 radical (unpaired) electrons. The van der Waals surface area contributed by atoms with Crippen molar-refractivity contribution >= 4 is 0 Å². The van der Waals surface area contributed by atoms with E-state index in [2.05, 4.69) is 19.2 Å². The molecule has 1 aliphatic heterocycles. The van der Waals surface area contributed by atoms with Gasteiger partial charge in [0.1, 0.15) is 0 Å². The molecule has 66 valence electrons. The van der Waals surface area contributed by atoms with E-state index in [0.717, 1.165) is 13.1 Å². The Kier molecular flexibility index (Phi) is 3.34. The lowest BCUT2D eigenvalue weighted by Crippen LogP contribution is -2.25. The summed E-state index contributed by atoms with van der Waals surface area (Å²) in [6.07, 6.45) is 2.29. The molecule has 0 amide bonds. The van der Waals surface area contributed by atoms with Gasteiger partial charge in [0.2, 0.25) is 0 Å². The molecule has 2 nitrogen and oxygen atoms in total. The monoisotopic (exact) mass is 157 g/mol. The maximum atomic E-state index is 9.56. The first-order chi connectivity index (χ1) is 5.29.